The quantitative estimate of drug-likeness (QED) is 0.567. The average Bonchev–Trinajstić information content (AvgIpc) is 2.70. The Labute approximate surface area is 167 Å². The van der Waals surface area contributed by atoms with E-state index in [4.69, 9.17) is 35.9 Å². The predicted molar refractivity (Wildman–Crippen MR) is 107 cm³/mol. The monoisotopic (exact) mass is 404 g/mol. The van der Waals surface area contributed by atoms with Gasteiger partial charge in [0.2, 0.25) is 11.7 Å². The Morgan fingerprint density at radius 1 is 1.31 bits per heavy atom. The van der Waals surface area contributed by atoms with Crippen LogP contribution < -0.4 is 25.7 Å². The van der Waals surface area contributed by atoms with Gasteiger partial charge < -0.3 is 35.9 Å². The fourth-order valence-electron chi connectivity index (χ4n) is 2.57. The van der Waals surface area contributed by atoms with Crippen LogP contribution in [0.4, 0.5) is 11.8 Å². The zero-order valence-electron chi connectivity index (χ0n) is 16.4. The zero-order chi connectivity index (χ0) is 21.6. The minimum Gasteiger partial charge on any atom is -0.493 e. The lowest BCUT2D eigenvalue weighted by atomic mass is 9.97. The van der Waals surface area contributed by atoms with Gasteiger partial charge in [-0.2, -0.15) is 4.98 Å². The van der Waals surface area contributed by atoms with Gasteiger partial charge in [-0.3, -0.25) is 0 Å². The third kappa shape index (κ3) is 5.26. The molecule has 1 atom stereocenters. The van der Waals surface area contributed by atoms with Crippen LogP contribution in [0.2, 0.25) is 0 Å². The highest BCUT2D eigenvalue weighted by molar-refractivity contribution is 5.72. The third-order valence-electron chi connectivity index (χ3n) is 4.01. The van der Waals surface area contributed by atoms with E-state index in [2.05, 4.69) is 9.97 Å². The van der Waals surface area contributed by atoms with Crippen molar-refractivity contribution in [3.05, 3.63) is 35.0 Å². The van der Waals surface area contributed by atoms with E-state index in [0.717, 1.165) is 16.7 Å². The summed E-state index contributed by atoms with van der Waals surface area (Å²) in [7, 11) is 3.18. The maximum Gasteiger partial charge on any atom is 0.332 e. The number of nitrogen functional groups attached to an aromatic ring is 2. The van der Waals surface area contributed by atoms with Gasteiger partial charge in [0.05, 0.1) is 14.2 Å². The number of rotatable bonds is 5. The number of anilines is 2. The number of ether oxygens (including phenoxy) is 3. The number of aliphatic carboxylic acids is 1. The van der Waals surface area contributed by atoms with Crippen LogP contribution in [0.5, 0.6) is 17.2 Å². The van der Waals surface area contributed by atoms with E-state index in [1.807, 2.05) is 18.2 Å². The van der Waals surface area contributed by atoms with E-state index < -0.39 is 12.1 Å². The molecule has 0 saturated heterocycles. The second-order valence-electron chi connectivity index (χ2n) is 6.06. The molecule has 2 aromatic rings. The van der Waals surface area contributed by atoms with Crippen LogP contribution in [-0.2, 0) is 11.2 Å². The van der Waals surface area contributed by atoms with Crippen molar-refractivity contribution in [2.24, 2.45) is 0 Å². The molecule has 10 heteroatoms. The lowest BCUT2D eigenvalue weighted by molar-refractivity contribution is -0.145. The summed E-state index contributed by atoms with van der Waals surface area (Å²) in [4.78, 5) is 17.5. The Morgan fingerprint density at radius 3 is 2.55 bits per heavy atom. The second kappa shape index (κ2) is 9.60. The standard InChI is InChI=1S/C16H18N4O3.C3H6O3/c1-21-12-7-9(6-10-8-19-16(18)20-15(10)17)11-4-3-5-23-13(11)14(12)22-2;1-2(4)3(5)6/h3-4,7-8H,5-6H2,1-2H3,(H4,17,18,19,20);2,4H,1H3,(H,5,6). The van der Waals surface area contributed by atoms with Gasteiger partial charge in [-0.1, -0.05) is 6.08 Å². The number of carbonyl (C=O) groups is 1. The van der Waals surface area contributed by atoms with E-state index in [-0.39, 0.29) is 5.95 Å². The minimum absolute atomic E-state index is 0.156. The van der Waals surface area contributed by atoms with Crippen molar-refractivity contribution in [1.82, 2.24) is 9.97 Å². The van der Waals surface area contributed by atoms with Gasteiger partial charge in [-0.25, -0.2) is 9.78 Å². The predicted octanol–water partition coefficient (Wildman–Crippen LogP) is 1.11. The fraction of sp³-hybridized carbons (Fsp3) is 0.316. The summed E-state index contributed by atoms with van der Waals surface area (Å²) in [5, 5.41) is 15.8. The molecule has 0 fully saturated rings. The Bertz CT molecular complexity index is 914. The molecule has 1 unspecified atom stereocenters. The molecule has 1 aliphatic heterocycles. The first-order valence-electron chi connectivity index (χ1n) is 8.63. The molecule has 2 heterocycles. The largest absolute Gasteiger partial charge is 0.493 e. The summed E-state index contributed by atoms with van der Waals surface area (Å²) < 4.78 is 16.6. The van der Waals surface area contributed by atoms with Gasteiger partial charge in [0.1, 0.15) is 18.5 Å². The number of carboxylic acids is 1. The van der Waals surface area contributed by atoms with Crippen LogP contribution in [0.1, 0.15) is 23.6 Å². The molecule has 1 aromatic carbocycles. The van der Waals surface area contributed by atoms with Crippen molar-refractivity contribution < 1.29 is 29.2 Å². The van der Waals surface area contributed by atoms with Crippen LogP contribution >= 0.6 is 0 Å². The van der Waals surface area contributed by atoms with Crippen LogP contribution in [0.15, 0.2) is 18.3 Å². The lowest BCUT2D eigenvalue weighted by Gasteiger charge is -2.21. The molecule has 0 aliphatic carbocycles. The first-order valence-corrected chi connectivity index (χ1v) is 8.63. The number of aliphatic hydroxyl groups is 1. The summed E-state index contributed by atoms with van der Waals surface area (Å²) >= 11 is 0. The smallest absolute Gasteiger partial charge is 0.332 e. The van der Waals surface area contributed by atoms with E-state index in [0.29, 0.717) is 36.1 Å². The molecule has 10 nitrogen and oxygen atoms in total. The first kappa shape index (κ1) is 21.8. The van der Waals surface area contributed by atoms with E-state index >= 15 is 0 Å². The number of aromatic nitrogens is 2. The molecular formula is C19H24N4O6. The van der Waals surface area contributed by atoms with E-state index in [1.165, 1.54) is 6.92 Å². The highest BCUT2D eigenvalue weighted by Gasteiger charge is 2.22. The number of hydrogen-bond acceptors (Lipinski definition) is 9. The maximum atomic E-state index is 9.45. The van der Waals surface area contributed by atoms with Crippen LogP contribution in [0.3, 0.4) is 0 Å². The first-order chi connectivity index (χ1) is 13.8. The number of fused-ring (bicyclic) bond motifs is 1. The van der Waals surface area contributed by atoms with Crippen molar-refractivity contribution in [2.45, 2.75) is 19.4 Å². The molecule has 0 saturated carbocycles. The minimum atomic E-state index is -1.23. The summed E-state index contributed by atoms with van der Waals surface area (Å²) in [6.07, 6.45) is 4.88. The van der Waals surface area contributed by atoms with Gasteiger partial charge in [-0.15, -0.1) is 0 Å². The SMILES string of the molecule is CC(O)C(=O)O.COc1cc(Cc2cnc(N)nc2N)c2c(c1OC)OCC=C2. The molecule has 1 aromatic heterocycles. The Hall–Kier alpha value is -3.53. The molecule has 156 valence electrons. The number of nitrogens with zero attached hydrogens (tertiary/aromatic N) is 2. The van der Waals surface area contributed by atoms with Crippen molar-refractivity contribution in [1.29, 1.82) is 0 Å². The molecule has 0 amide bonds. The molecule has 29 heavy (non-hydrogen) atoms. The van der Waals surface area contributed by atoms with Gasteiger partial charge in [0, 0.05) is 23.7 Å². The number of benzene rings is 1. The summed E-state index contributed by atoms with van der Waals surface area (Å²) in [6.45, 7) is 1.69. The van der Waals surface area contributed by atoms with Crippen LogP contribution in [-0.4, -0.2) is 53.1 Å². The molecule has 3 rings (SSSR count). The van der Waals surface area contributed by atoms with E-state index in [1.54, 1.807) is 20.4 Å². The van der Waals surface area contributed by atoms with Crippen LogP contribution in [0.25, 0.3) is 6.08 Å². The van der Waals surface area contributed by atoms with Gasteiger partial charge in [0.15, 0.2) is 11.5 Å². The number of nitrogens with two attached hydrogens (primary N) is 2. The van der Waals surface area contributed by atoms with Gasteiger partial charge in [0.25, 0.3) is 0 Å². The van der Waals surface area contributed by atoms with Crippen molar-refractivity contribution in [2.75, 3.05) is 32.3 Å². The summed E-state index contributed by atoms with van der Waals surface area (Å²) in [5.74, 6) is 1.18. The second-order valence-corrected chi connectivity index (χ2v) is 6.06. The number of hydrogen-bond donors (Lipinski definition) is 4. The fourth-order valence-corrected chi connectivity index (χ4v) is 2.57. The van der Waals surface area contributed by atoms with Crippen LogP contribution in [0, 0.1) is 0 Å². The molecule has 1 aliphatic rings. The summed E-state index contributed by atoms with van der Waals surface area (Å²) in [6, 6.07) is 1.91. The van der Waals surface area contributed by atoms with Gasteiger partial charge in [-0.05, 0) is 24.6 Å². The Kier molecular flexibility index (Phi) is 7.21. The number of methoxy groups -OCH3 is 2. The molecular weight excluding hydrogens is 380 g/mol. The summed E-state index contributed by atoms with van der Waals surface area (Å²) in [5.41, 5.74) is 14.2. The number of carboxylic acid groups (broad SMARTS) is 1. The highest BCUT2D eigenvalue weighted by Crippen LogP contribution is 2.44. The normalized spacial score (nSPS) is 12.7. The molecule has 6 N–H and O–H groups in total. The maximum absolute atomic E-state index is 9.45. The molecule has 0 bridgehead atoms. The number of aliphatic hydroxyl groups excluding tert-OH is 1. The van der Waals surface area contributed by atoms with Gasteiger partial charge >= 0.3 is 5.97 Å². The topological polar surface area (TPSA) is 163 Å². The molecule has 0 radical (unpaired) electrons. The van der Waals surface area contributed by atoms with Crippen molar-refractivity contribution >= 4 is 23.8 Å². The van der Waals surface area contributed by atoms with Crippen molar-refractivity contribution in [3.8, 4) is 17.2 Å². The average molecular weight is 404 g/mol. The third-order valence-corrected chi connectivity index (χ3v) is 4.01. The van der Waals surface area contributed by atoms with Crippen molar-refractivity contribution in [3.63, 3.8) is 0 Å². The Balaban J connectivity index is 0.000000438. The highest BCUT2D eigenvalue weighted by atomic mass is 16.5. The molecule has 0 spiro atoms. The Morgan fingerprint density at radius 2 is 2.00 bits per heavy atom. The zero-order valence-corrected chi connectivity index (χ0v) is 16.4. The lowest BCUT2D eigenvalue weighted by Crippen LogP contribution is -2.13. The van der Waals surface area contributed by atoms with E-state index in [9.17, 15) is 4.79 Å².